The van der Waals surface area contributed by atoms with Crippen LogP contribution >= 0.6 is 0 Å². The predicted molar refractivity (Wildman–Crippen MR) is 52.8 cm³/mol. The van der Waals surface area contributed by atoms with E-state index in [2.05, 4.69) is 15.1 Å². The number of hydrogen-bond acceptors (Lipinski definition) is 5. The van der Waals surface area contributed by atoms with Crippen molar-refractivity contribution in [2.24, 2.45) is 5.73 Å². The first-order valence-electron chi connectivity index (χ1n) is 4.78. The Bertz CT molecular complexity index is 406. The van der Waals surface area contributed by atoms with E-state index in [0.717, 1.165) is 12.2 Å². The first-order chi connectivity index (χ1) is 7.27. The summed E-state index contributed by atoms with van der Waals surface area (Å²) >= 11 is 0. The minimum Gasteiger partial charge on any atom is -0.340 e. The van der Waals surface area contributed by atoms with Crippen LogP contribution in [0.4, 0.5) is 0 Å². The fourth-order valence-corrected chi connectivity index (χ4v) is 1.42. The van der Waals surface area contributed by atoms with E-state index in [-0.39, 0.29) is 6.04 Å². The minimum atomic E-state index is -0.0183. The molecule has 0 amide bonds. The molecule has 0 saturated heterocycles. The van der Waals surface area contributed by atoms with Gasteiger partial charge in [0.05, 0.1) is 12.0 Å². The van der Waals surface area contributed by atoms with Gasteiger partial charge in [-0.2, -0.15) is 4.98 Å². The van der Waals surface area contributed by atoms with E-state index in [1.54, 1.807) is 12.5 Å². The van der Waals surface area contributed by atoms with Crippen LogP contribution in [0.1, 0.15) is 24.6 Å². The van der Waals surface area contributed by atoms with Gasteiger partial charge in [-0.25, -0.2) is 4.98 Å². The SMILES string of the molecule is C[C@@H](N)c1cncn1CCc1ncno1. The fraction of sp³-hybridized carbons (Fsp3) is 0.444. The normalized spacial score (nSPS) is 12.9. The number of aromatic nitrogens is 4. The summed E-state index contributed by atoms with van der Waals surface area (Å²) in [5.41, 5.74) is 6.80. The van der Waals surface area contributed by atoms with Gasteiger partial charge in [0, 0.05) is 25.2 Å². The maximum Gasteiger partial charge on any atom is 0.228 e. The van der Waals surface area contributed by atoms with Crippen LogP contribution in [0.5, 0.6) is 0 Å². The van der Waals surface area contributed by atoms with Crippen molar-refractivity contribution in [2.45, 2.75) is 25.9 Å². The standard InChI is InChI=1S/C9H13N5O/c1-7(10)8-4-11-6-14(8)3-2-9-12-5-13-15-9/h4-7H,2-3,10H2,1H3/t7-/m1/s1. The molecule has 15 heavy (non-hydrogen) atoms. The van der Waals surface area contributed by atoms with Crippen molar-refractivity contribution in [3.05, 3.63) is 30.4 Å². The first-order valence-corrected chi connectivity index (χ1v) is 4.78. The lowest BCUT2D eigenvalue weighted by atomic mass is 10.2. The summed E-state index contributed by atoms with van der Waals surface area (Å²) in [5, 5.41) is 3.54. The van der Waals surface area contributed by atoms with Crippen molar-refractivity contribution >= 4 is 0 Å². The van der Waals surface area contributed by atoms with Crippen LogP contribution in [0.3, 0.4) is 0 Å². The van der Waals surface area contributed by atoms with Crippen molar-refractivity contribution < 1.29 is 4.52 Å². The average Bonchev–Trinajstić information content (AvgIpc) is 2.86. The van der Waals surface area contributed by atoms with E-state index in [9.17, 15) is 0 Å². The molecular formula is C9H13N5O. The lowest BCUT2D eigenvalue weighted by molar-refractivity contribution is 0.369. The molecule has 0 bridgehead atoms. The summed E-state index contributed by atoms with van der Waals surface area (Å²) in [5.74, 6) is 0.624. The molecule has 0 radical (unpaired) electrons. The summed E-state index contributed by atoms with van der Waals surface area (Å²) < 4.78 is 6.90. The molecule has 2 heterocycles. The van der Waals surface area contributed by atoms with E-state index in [4.69, 9.17) is 10.3 Å². The van der Waals surface area contributed by atoms with Gasteiger partial charge in [0.2, 0.25) is 5.89 Å². The van der Waals surface area contributed by atoms with E-state index in [0.29, 0.717) is 12.3 Å². The lowest BCUT2D eigenvalue weighted by Gasteiger charge is -2.08. The van der Waals surface area contributed by atoms with Gasteiger partial charge in [-0.1, -0.05) is 5.16 Å². The second-order valence-electron chi connectivity index (χ2n) is 3.39. The number of imidazole rings is 1. The fourth-order valence-electron chi connectivity index (χ4n) is 1.42. The van der Waals surface area contributed by atoms with E-state index in [1.807, 2.05) is 11.5 Å². The molecule has 6 nitrogen and oxygen atoms in total. The first kappa shape index (κ1) is 9.85. The third kappa shape index (κ3) is 2.21. The summed E-state index contributed by atoms with van der Waals surface area (Å²) in [6.07, 6.45) is 5.62. The van der Waals surface area contributed by atoms with Crippen molar-refractivity contribution in [3.63, 3.8) is 0 Å². The van der Waals surface area contributed by atoms with Crippen molar-refractivity contribution in [2.75, 3.05) is 0 Å². The third-order valence-electron chi connectivity index (χ3n) is 2.18. The average molecular weight is 207 g/mol. The van der Waals surface area contributed by atoms with Crippen molar-refractivity contribution in [1.82, 2.24) is 19.7 Å². The van der Waals surface area contributed by atoms with Gasteiger partial charge in [0.25, 0.3) is 0 Å². The molecule has 2 N–H and O–H groups in total. The zero-order chi connectivity index (χ0) is 10.7. The Morgan fingerprint density at radius 1 is 1.60 bits per heavy atom. The zero-order valence-electron chi connectivity index (χ0n) is 8.50. The number of nitrogens with zero attached hydrogens (tertiary/aromatic N) is 4. The highest BCUT2D eigenvalue weighted by Gasteiger charge is 2.07. The van der Waals surface area contributed by atoms with E-state index < -0.39 is 0 Å². The largest absolute Gasteiger partial charge is 0.340 e. The molecule has 0 saturated carbocycles. The van der Waals surface area contributed by atoms with Crippen LogP contribution in [0.15, 0.2) is 23.4 Å². The highest BCUT2D eigenvalue weighted by Crippen LogP contribution is 2.09. The minimum absolute atomic E-state index is 0.0183. The van der Waals surface area contributed by atoms with Crippen molar-refractivity contribution in [1.29, 1.82) is 0 Å². The van der Waals surface area contributed by atoms with Gasteiger partial charge in [-0.15, -0.1) is 0 Å². The molecule has 80 valence electrons. The van der Waals surface area contributed by atoms with Crippen LogP contribution in [0.2, 0.25) is 0 Å². The molecule has 1 atom stereocenters. The van der Waals surface area contributed by atoms with Gasteiger partial charge in [-0.05, 0) is 6.92 Å². The number of rotatable bonds is 4. The van der Waals surface area contributed by atoms with Crippen LogP contribution in [0, 0.1) is 0 Å². The molecule has 2 aromatic heterocycles. The van der Waals surface area contributed by atoms with Gasteiger partial charge >= 0.3 is 0 Å². The van der Waals surface area contributed by atoms with Crippen molar-refractivity contribution in [3.8, 4) is 0 Å². The second-order valence-corrected chi connectivity index (χ2v) is 3.39. The zero-order valence-corrected chi connectivity index (χ0v) is 8.50. The topological polar surface area (TPSA) is 82.8 Å². The van der Waals surface area contributed by atoms with Crippen LogP contribution in [-0.4, -0.2) is 19.7 Å². The summed E-state index contributed by atoms with van der Waals surface area (Å²) in [6.45, 7) is 2.68. The second kappa shape index (κ2) is 4.22. The van der Waals surface area contributed by atoms with Crippen LogP contribution < -0.4 is 5.73 Å². The Kier molecular flexibility index (Phi) is 2.77. The van der Waals surface area contributed by atoms with Gasteiger partial charge in [0.15, 0.2) is 6.33 Å². The smallest absolute Gasteiger partial charge is 0.228 e. The molecule has 0 aliphatic rings. The molecule has 0 aromatic carbocycles. The maximum atomic E-state index is 5.80. The number of hydrogen-bond donors (Lipinski definition) is 1. The monoisotopic (exact) mass is 207 g/mol. The quantitative estimate of drug-likeness (QED) is 0.790. The molecule has 0 aliphatic heterocycles. The Morgan fingerprint density at radius 2 is 2.47 bits per heavy atom. The Labute approximate surface area is 87.1 Å². The van der Waals surface area contributed by atoms with Gasteiger partial charge < -0.3 is 14.8 Å². The molecular weight excluding hydrogens is 194 g/mol. The van der Waals surface area contributed by atoms with E-state index in [1.165, 1.54) is 6.33 Å². The highest BCUT2D eigenvalue weighted by molar-refractivity contribution is 5.03. The van der Waals surface area contributed by atoms with Crippen LogP contribution in [0.25, 0.3) is 0 Å². The molecule has 6 heteroatoms. The summed E-state index contributed by atoms with van der Waals surface area (Å²) in [7, 11) is 0. The Balaban J connectivity index is 2.02. The van der Waals surface area contributed by atoms with Crippen LogP contribution in [-0.2, 0) is 13.0 Å². The molecule has 0 unspecified atom stereocenters. The molecule has 2 aromatic rings. The Morgan fingerprint density at radius 3 is 3.13 bits per heavy atom. The predicted octanol–water partition coefficient (Wildman–Crippen LogP) is 0.528. The third-order valence-corrected chi connectivity index (χ3v) is 2.18. The molecule has 0 aliphatic carbocycles. The lowest BCUT2D eigenvalue weighted by Crippen LogP contribution is -2.12. The summed E-state index contributed by atoms with van der Waals surface area (Å²) in [6, 6.07) is -0.0183. The summed E-state index contributed by atoms with van der Waals surface area (Å²) in [4.78, 5) is 8.01. The highest BCUT2D eigenvalue weighted by atomic mass is 16.5. The molecule has 2 rings (SSSR count). The maximum absolute atomic E-state index is 5.80. The van der Waals surface area contributed by atoms with E-state index >= 15 is 0 Å². The van der Waals surface area contributed by atoms with Gasteiger partial charge in [0.1, 0.15) is 0 Å². The molecule has 0 fully saturated rings. The van der Waals surface area contributed by atoms with Gasteiger partial charge in [-0.3, -0.25) is 0 Å². The Hall–Kier alpha value is -1.69. The number of nitrogens with two attached hydrogens (primary N) is 1. The number of aryl methyl sites for hydroxylation is 2. The molecule has 0 spiro atoms.